The van der Waals surface area contributed by atoms with Crippen LogP contribution in [-0.4, -0.2) is 17.0 Å². The van der Waals surface area contributed by atoms with Gasteiger partial charge in [0.25, 0.3) is 0 Å². The van der Waals surface area contributed by atoms with Gasteiger partial charge >= 0.3 is 0 Å². The van der Waals surface area contributed by atoms with Gasteiger partial charge in [-0.15, -0.1) is 0 Å². The van der Waals surface area contributed by atoms with Crippen molar-refractivity contribution in [1.29, 1.82) is 0 Å². The third-order valence-corrected chi connectivity index (χ3v) is 4.71. The summed E-state index contributed by atoms with van der Waals surface area (Å²) in [5.74, 6) is 0.567. The van der Waals surface area contributed by atoms with Gasteiger partial charge in [-0.2, -0.15) is 0 Å². The van der Waals surface area contributed by atoms with E-state index >= 15 is 0 Å². The van der Waals surface area contributed by atoms with Crippen LogP contribution in [0, 0.1) is 13.8 Å². The Kier molecular flexibility index (Phi) is 4.37. The van der Waals surface area contributed by atoms with Gasteiger partial charge in [-0.3, -0.25) is 9.59 Å². The molecule has 1 aliphatic heterocycles. The maximum atomic E-state index is 12.9. The molecule has 0 bridgehead atoms. The Hall–Kier alpha value is -2.63. The van der Waals surface area contributed by atoms with Crippen LogP contribution in [0.5, 0.6) is 0 Å². The molecule has 2 amide bonds. The largest absolute Gasteiger partial charge is 0.361 e. The molecule has 1 aromatic heterocycles. The predicted molar refractivity (Wildman–Crippen MR) is 95.6 cm³/mol. The van der Waals surface area contributed by atoms with Crippen LogP contribution in [0.4, 0.5) is 11.4 Å². The van der Waals surface area contributed by atoms with E-state index in [9.17, 15) is 9.59 Å². The highest BCUT2D eigenvalue weighted by molar-refractivity contribution is 5.99. The predicted octanol–water partition coefficient (Wildman–Crippen LogP) is 3.48. The van der Waals surface area contributed by atoms with Crippen LogP contribution in [0.1, 0.15) is 49.3 Å². The summed E-state index contributed by atoms with van der Waals surface area (Å²) >= 11 is 0. The summed E-state index contributed by atoms with van der Waals surface area (Å²) in [6.45, 7) is 7.37. The smallest absolute Gasteiger partial charge is 0.234 e. The summed E-state index contributed by atoms with van der Waals surface area (Å²) in [5, 5.41) is 9.84. The molecule has 0 spiro atoms. The SMILES string of the molecule is Cc1noc(C)c1C(C)(C)C(=O)Nc1ccc2c(c1)CCCC(=O)N2. The van der Waals surface area contributed by atoms with Gasteiger partial charge in [0.05, 0.1) is 11.1 Å². The van der Waals surface area contributed by atoms with E-state index in [0.717, 1.165) is 41.0 Å². The lowest BCUT2D eigenvalue weighted by molar-refractivity contribution is -0.120. The van der Waals surface area contributed by atoms with E-state index in [0.29, 0.717) is 12.2 Å². The third-order valence-electron chi connectivity index (χ3n) is 4.71. The van der Waals surface area contributed by atoms with Gasteiger partial charge in [0.15, 0.2) is 0 Å². The van der Waals surface area contributed by atoms with Crippen molar-refractivity contribution in [3.63, 3.8) is 0 Å². The van der Waals surface area contributed by atoms with Crippen molar-refractivity contribution in [2.24, 2.45) is 0 Å². The average Bonchev–Trinajstić information content (AvgIpc) is 2.77. The first-order chi connectivity index (χ1) is 11.8. The molecule has 2 heterocycles. The number of fused-ring (bicyclic) bond motifs is 1. The molecular formula is C19H23N3O3. The fourth-order valence-electron chi connectivity index (χ4n) is 3.43. The molecule has 1 aromatic carbocycles. The standard InChI is InChI=1S/C19H23N3O3/c1-11-17(12(2)25-22-11)19(3,4)18(24)20-14-8-9-15-13(10-14)6-5-7-16(23)21-15/h8-10H,5-7H2,1-4H3,(H,20,24)(H,21,23). The number of nitrogens with one attached hydrogen (secondary N) is 2. The van der Waals surface area contributed by atoms with Crippen molar-refractivity contribution in [1.82, 2.24) is 5.16 Å². The molecule has 0 atom stereocenters. The van der Waals surface area contributed by atoms with E-state index in [1.54, 1.807) is 0 Å². The molecule has 0 saturated carbocycles. The zero-order chi connectivity index (χ0) is 18.2. The van der Waals surface area contributed by atoms with Crippen LogP contribution in [0.25, 0.3) is 0 Å². The third kappa shape index (κ3) is 3.29. The fourth-order valence-corrected chi connectivity index (χ4v) is 3.43. The quantitative estimate of drug-likeness (QED) is 0.895. The summed E-state index contributed by atoms with van der Waals surface area (Å²) in [4.78, 5) is 24.5. The van der Waals surface area contributed by atoms with Crippen LogP contribution in [0.3, 0.4) is 0 Å². The first kappa shape index (κ1) is 17.2. The number of hydrogen-bond acceptors (Lipinski definition) is 4. The number of amides is 2. The van der Waals surface area contributed by atoms with Crippen molar-refractivity contribution >= 4 is 23.2 Å². The topological polar surface area (TPSA) is 84.2 Å². The van der Waals surface area contributed by atoms with E-state index in [1.807, 2.05) is 45.9 Å². The number of nitrogens with zero attached hydrogens (tertiary/aromatic N) is 1. The molecule has 0 unspecified atom stereocenters. The number of hydrogen-bond donors (Lipinski definition) is 2. The number of rotatable bonds is 3. The van der Waals surface area contributed by atoms with Crippen molar-refractivity contribution in [2.75, 3.05) is 10.6 Å². The van der Waals surface area contributed by atoms with Gasteiger partial charge in [-0.1, -0.05) is 5.16 Å². The molecule has 3 rings (SSSR count). The maximum absolute atomic E-state index is 12.9. The molecule has 0 radical (unpaired) electrons. The molecule has 25 heavy (non-hydrogen) atoms. The highest BCUT2D eigenvalue weighted by Gasteiger charge is 2.35. The second-order valence-corrected chi connectivity index (χ2v) is 7.05. The molecule has 0 aliphatic carbocycles. The number of carbonyl (C=O) groups is 2. The summed E-state index contributed by atoms with van der Waals surface area (Å²) in [6.07, 6.45) is 2.14. The number of benzene rings is 1. The molecule has 6 heteroatoms. The molecule has 0 saturated heterocycles. The number of aryl methyl sites for hydroxylation is 3. The first-order valence-electron chi connectivity index (χ1n) is 8.46. The lowest BCUT2D eigenvalue weighted by Gasteiger charge is -2.24. The second-order valence-electron chi connectivity index (χ2n) is 7.05. The summed E-state index contributed by atoms with van der Waals surface area (Å²) < 4.78 is 5.21. The van der Waals surface area contributed by atoms with Crippen molar-refractivity contribution < 1.29 is 14.1 Å². The molecular weight excluding hydrogens is 318 g/mol. The van der Waals surface area contributed by atoms with E-state index in [2.05, 4.69) is 15.8 Å². The molecule has 2 aromatic rings. The van der Waals surface area contributed by atoms with E-state index in [4.69, 9.17) is 4.52 Å². The van der Waals surface area contributed by atoms with Crippen LogP contribution < -0.4 is 10.6 Å². The molecule has 2 N–H and O–H groups in total. The van der Waals surface area contributed by atoms with Gasteiger partial charge in [-0.05, 0) is 64.3 Å². The number of carbonyl (C=O) groups excluding carboxylic acids is 2. The maximum Gasteiger partial charge on any atom is 0.234 e. The highest BCUT2D eigenvalue weighted by Crippen LogP contribution is 2.31. The Morgan fingerprint density at radius 1 is 1.28 bits per heavy atom. The molecule has 6 nitrogen and oxygen atoms in total. The number of anilines is 2. The Labute approximate surface area is 147 Å². The average molecular weight is 341 g/mol. The van der Waals surface area contributed by atoms with E-state index in [-0.39, 0.29) is 11.8 Å². The highest BCUT2D eigenvalue weighted by atomic mass is 16.5. The van der Waals surface area contributed by atoms with Crippen molar-refractivity contribution in [2.45, 2.75) is 52.4 Å². The van der Waals surface area contributed by atoms with Crippen LogP contribution in [0.15, 0.2) is 22.7 Å². The van der Waals surface area contributed by atoms with Gasteiger partial charge in [0.2, 0.25) is 11.8 Å². The Morgan fingerprint density at radius 2 is 2.04 bits per heavy atom. The summed E-state index contributed by atoms with van der Waals surface area (Å²) in [6, 6.07) is 5.59. The normalized spacial score (nSPS) is 14.5. The first-order valence-corrected chi connectivity index (χ1v) is 8.46. The Morgan fingerprint density at radius 3 is 2.72 bits per heavy atom. The summed E-state index contributed by atoms with van der Waals surface area (Å²) in [5.41, 5.74) is 3.35. The van der Waals surface area contributed by atoms with E-state index < -0.39 is 5.41 Å². The summed E-state index contributed by atoms with van der Waals surface area (Å²) in [7, 11) is 0. The van der Waals surface area contributed by atoms with Gasteiger partial charge < -0.3 is 15.2 Å². The molecule has 0 fully saturated rings. The van der Waals surface area contributed by atoms with Crippen LogP contribution in [-0.2, 0) is 21.4 Å². The lowest BCUT2D eigenvalue weighted by atomic mass is 9.82. The zero-order valence-electron chi connectivity index (χ0n) is 15.0. The monoisotopic (exact) mass is 341 g/mol. The molecule has 132 valence electrons. The van der Waals surface area contributed by atoms with Crippen LogP contribution in [0.2, 0.25) is 0 Å². The van der Waals surface area contributed by atoms with Crippen molar-refractivity contribution in [3.8, 4) is 0 Å². The van der Waals surface area contributed by atoms with Crippen LogP contribution >= 0.6 is 0 Å². The second kappa shape index (κ2) is 6.35. The van der Waals surface area contributed by atoms with Gasteiger partial charge in [-0.25, -0.2) is 0 Å². The molecule has 1 aliphatic rings. The minimum atomic E-state index is -0.769. The number of aromatic nitrogens is 1. The Balaban J connectivity index is 1.84. The van der Waals surface area contributed by atoms with Crippen molar-refractivity contribution in [3.05, 3.63) is 40.8 Å². The lowest BCUT2D eigenvalue weighted by Crippen LogP contribution is -2.35. The Bertz CT molecular complexity index is 817. The minimum absolute atomic E-state index is 0.0371. The van der Waals surface area contributed by atoms with Gasteiger partial charge in [0.1, 0.15) is 5.76 Å². The fraction of sp³-hybridized carbons (Fsp3) is 0.421. The van der Waals surface area contributed by atoms with Gasteiger partial charge in [0, 0.05) is 23.4 Å². The minimum Gasteiger partial charge on any atom is -0.361 e. The van der Waals surface area contributed by atoms with E-state index in [1.165, 1.54) is 0 Å². The zero-order valence-corrected chi connectivity index (χ0v) is 15.0.